The Balaban J connectivity index is 1.86. The molecule has 0 aliphatic carbocycles. The highest BCUT2D eigenvalue weighted by Gasteiger charge is 2.16. The average molecular weight is 291 g/mol. The maximum absolute atomic E-state index is 13.2. The number of halogens is 1. The predicted molar refractivity (Wildman–Crippen MR) is 73.9 cm³/mol. The number of nitrogens with two attached hydrogens (primary N) is 1. The monoisotopic (exact) mass is 291 g/mol. The van der Waals surface area contributed by atoms with E-state index in [0.29, 0.717) is 21.6 Å². The lowest BCUT2D eigenvalue weighted by molar-refractivity contribution is 0.0955. The van der Waals surface area contributed by atoms with Crippen LogP contribution in [0.2, 0.25) is 0 Å². The molecule has 0 aliphatic heterocycles. The Morgan fingerprint density at radius 2 is 2.30 bits per heavy atom. The summed E-state index contributed by atoms with van der Waals surface area (Å²) in [5.41, 5.74) is 6.82. The highest BCUT2D eigenvalue weighted by Crippen LogP contribution is 2.33. The Morgan fingerprint density at radius 3 is 3.05 bits per heavy atom. The van der Waals surface area contributed by atoms with E-state index in [0.717, 1.165) is 4.70 Å². The van der Waals surface area contributed by atoms with Crippen LogP contribution >= 0.6 is 11.3 Å². The van der Waals surface area contributed by atoms with Gasteiger partial charge in [-0.15, -0.1) is 11.3 Å². The first-order chi connectivity index (χ1) is 9.65. The second-order valence-electron chi connectivity index (χ2n) is 4.16. The van der Waals surface area contributed by atoms with E-state index in [1.54, 1.807) is 12.1 Å². The number of amides is 1. The van der Waals surface area contributed by atoms with Crippen molar-refractivity contribution in [3.8, 4) is 0 Å². The second kappa shape index (κ2) is 4.93. The highest BCUT2D eigenvalue weighted by atomic mass is 32.1. The number of nitrogens with one attached hydrogen (secondary N) is 1. The van der Waals surface area contributed by atoms with Crippen LogP contribution in [-0.2, 0) is 6.54 Å². The summed E-state index contributed by atoms with van der Waals surface area (Å²) in [6.45, 7) is 0.247. The van der Waals surface area contributed by atoms with E-state index >= 15 is 0 Å². The van der Waals surface area contributed by atoms with E-state index in [-0.39, 0.29) is 18.3 Å². The highest BCUT2D eigenvalue weighted by molar-refractivity contribution is 7.21. The standard InChI is InChI=1S/C13H10FN3O2S/c14-7-1-2-10-9(5-7)11(15)12(20-10)13(18)16-6-8-3-4-19-17-8/h1-5H,6,15H2,(H,16,18). The van der Waals surface area contributed by atoms with Crippen LogP contribution in [0.25, 0.3) is 10.1 Å². The SMILES string of the molecule is Nc1c(C(=O)NCc2ccon2)sc2ccc(F)cc12. The number of benzene rings is 1. The van der Waals surface area contributed by atoms with Crippen molar-refractivity contribution in [2.45, 2.75) is 6.54 Å². The molecule has 0 aliphatic rings. The van der Waals surface area contributed by atoms with Gasteiger partial charge in [0.05, 0.1) is 12.2 Å². The Kier molecular flexibility index (Phi) is 3.11. The fourth-order valence-electron chi connectivity index (χ4n) is 1.84. The number of carbonyl (C=O) groups is 1. The summed E-state index contributed by atoms with van der Waals surface area (Å²) in [7, 11) is 0. The van der Waals surface area contributed by atoms with Crippen molar-refractivity contribution in [1.29, 1.82) is 0 Å². The quantitative estimate of drug-likeness (QED) is 0.777. The molecule has 3 N–H and O–H groups in total. The predicted octanol–water partition coefficient (Wildman–Crippen LogP) is 2.54. The molecule has 1 aromatic carbocycles. The van der Waals surface area contributed by atoms with E-state index in [2.05, 4.69) is 15.0 Å². The number of hydrogen-bond donors (Lipinski definition) is 2. The normalized spacial score (nSPS) is 10.8. The molecule has 0 unspecified atom stereocenters. The third kappa shape index (κ3) is 2.23. The average Bonchev–Trinajstić information content (AvgIpc) is 3.05. The number of aromatic nitrogens is 1. The number of rotatable bonds is 3. The van der Waals surface area contributed by atoms with Crippen LogP contribution in [0.15, 0.2) is 35.1 Å². The molecule has 0 atom stereocenters. The zero-order chi connectivity index (χ0) is 14.1. The third-order valence-corrected chi connectivity index (χ3v) is 4.00. The maximum Gasteiger partial charge on any atom is 0.263 e. The summed E-state index contributed by atoms with van der Waals surface area (Å²) >= 11 is 1.23. The van der Waals surface area contributed by atoms with Crippen molar-refractivity contribution in [2.24, 2.45) is 0 Å². The van der Waals surface area contributed by atoms with Crippen molar-refractivity contribution >= 4 is 33.0 Å². The summed E-state index contributed by atoms with van der Waals surface area (Å²) in [4.78, 5) is 12.5. The first kappa shape index (κ1) is 12.6. The van der Waals surface area contributed by atoms with Gasteiger partial charge in [0.25, 0.3) is 5.91 Å². The van der Waals surface area contributed by atoms with E-state index < -0.39 is 0 Å². The van der Waals surface area contributed by atoms with E-state index in [1.165, 1.54) is 29.7 Å². The molecule has 7 heteroatoms. The van der Waals surface area contributed by atoms with Gasteiger partial charge in [0, 0.05) is 16.2 Å². The van der Waals surface area contributed by atoms with Gasteiger partial charge in [0.1, 0.15) is 22.7 Å². The molecule has 20 heavy (non-hydrogen) atoms. The molecule has 0 saturated heterocycles. The lowest BCUT2D eigenvalue weighted by Gasteiger charge is -2.01. The molecular formula is C13H10FN3O2S. The molecule has 1 amide bonds. The summed E-state index contributed by atoms with van der Waals surface area (Å²) < 4.78 is 18.6. The number of hydrogen-bond acceptors (Lipinski definition) is 5. The number of nitrogen functional groups attached to an aromatic ring is 1. The van der Waals surface area contributed by atoms with Crippen molar-refractivity contribution in [3.63, 3.8) is 0 Å². The zero-order valence-corrected chi connectivity index (χ0v) is 11.0. The van der Waals surface area contributed by atoms with Gasteiger partial charge in [-0.1, -0.05) is 5.16 Å². The van der Waals surface area contributed by atoms with Crippen LogP contribution in [0, 0.1) is 5.82 Å². The van der Waals surface area contributed by atoms with Gasteiger partial charge in [0.2, 0.25) is 0 Å². The molecule has 0 fully saturated rings. The molecule has 3 rings (SSSR count). The molecule has 102 valence electrons. The molecule has 2 aromatic heterocycles. The van der Waals surface area contributed by atoms with Gasteiger partial charge in [-0.25, -0.2) is 4.39 Å². The Morgan fingerprint density at radius 1 is 1.45 bits per heavy atom. The number of carbonyl (C=O) groups excluding carboxylic acids is 1. The van der Waals surface area contributed by atoms with Gasteiger partial charge >= 0.3 is 0 Å². The molecule has 3 aromatic rings. The van der Waals surface area contributed by atoms with Crippen LogP contribution < -0.4 is 11.1 Å². The van der Waals surface area contributed by atoms with Gasteiger partial charge < -0.3 is 15.6 Å². The number of thiophene rings is 1. The fourth-order valence-corrected chi connectivity index (χ4v) is 2.86. The molecular weight excluding hydrogens is 281 g/mol. The van der Waals surface area contributed by atoms with Crippen molar-refractivity contribution < 1.29 is 13.7 Å². The minimum atomic E-state index is -0.378. The van der Waals surface area contributed by atoms with Crippen molar-refractivity contribution in [1.82, 2.24) is 10.5 Å². The molecule has 2 heterocycles. The Labute approximate surface area is 117 Å². The van der Waals surface area contributed by atoms with Gasteiger partial charge in [-0.3, -0.25) is 4.79 Å². The minimum absolute atomic E-state index is 0.247. The Hall–Kier alpha value is -2.41. The van der Waals surface area contributed by atoms with Crippen molar-refractivity contribution in [3.05, 3.63) is 46.9 Å². The molecule has 0 saturated carbocycles. The van der Waals surface area contributed by atoms with Crippen molar-refractivity contribution in [2.75, 3.05) is 5.73 Å². The number of anilines is 1. The summed E-state index contributed by atoms with van der Waals surface area (Å²) in [5.74, 6) is -0.691. The maximum atomic E-state index is 13.2. The zero-order valence-electron chi connectivity index (χ0n) is 10.2. The van der Waals surface area contributed by atoms with Crippen LogP contribution in [0.5, 0.6) is 0 Å². The minimum Gasteiger partial charge on any atom is -0.397 e. The first-order valence-electron chi connectivity index (χ1n) is 5.80. The molecule has 0 bridgehead atoms. The summed E-state index contributed by atoms with van der Waals surface area (Å²) in [5, 5.41) is 6.94. The van der Waals surface area contributed by atoms with E-state index in [9.17, 15) is 9.18 Å². The summed E-state index contributed by atoms with van der Waals surface area (Å²) in [6, 6.07) is 5.94. The number of nitrogens with zero attached hydrogens (tertiary/aromatic N) is 1. The topological polar surface area (TPSA) is 81.2 Å². The Bertz CT molecular complexity index is 767. The van der Waals surface area contributed by atoms with Crippen LogP contribution in [0.4, 0.5) is 10.1 Å². The fraction of sp³-hybridized carbons (Fsp3) is 0.0769. The molecule has 0 spiro atoms. The molecule has 0 radical (unpaired) electrons. The third-order valence-electron chi connectivity index (χ3n) is 2.82. The first-order valence-corrected chi connectivity index (χ1v) is 6.62. The second-order valence-corrected chi connectivity index (χ2v) is 5.21. The summed E-state index contributed by atoms with van der Waals surface area (Å²) in [6.07, 6.45) is 1.43. The van der Waals surface area contributed by atoms with E-state index in [1.807, 2.05) is 0 Å². The van der Waals surface area contributed by atoms with E-state index in [4.69, 9.17) is 5.73 Å². The smallest absolute Gasteiger partial charge is 0.263 e. The number of fused-ring (bicyclic) bond motifs is 1. The molecule has 5 nitrogen and oxygen atoms in total. The lowest BCUT2D eigenvalue weighted by Crippen LogP contribution is -2.22. The largest absolute Gasteiger partial charge is 0.397 e. The van der Waals surface area contributed by atoms with Crippen LogP contribution in [0.1, 0.15) is 15.4 Å². The van der Waals surface area contributed by atoms with Gasteiger partial charge in [0.15, 0.2) is 0 Å². The van der Waals surface area contributed by atoms with Gasteiger partial charge in [-0.05, 0) is 18.2 Å². The van der Waals surface area contributed by atoms with Crippen LogP contribution in [-0.4, -0.2) is 11.1 Å². The van der Waals surface area contributed by atoms with Crippen LogP contribution in [0.3, 0.4) is 0 Å². The lowest BCUT2D eigenvalue weighted by atomic mass is 10.2. The van der Waals surface area contributed by atoms with Gasteiger partial charge in [-0.2, -0.15) is 0 Å².